The van der Waals surface area contributed by atoms with E-state index in [2.05, 4.69) is 4.74 Å². The second-order valence-corrected chi connectivity index (χ2v) is 5.26. The molecule has 0 aliphatic carbocycles. The van der Waals surface area contributed by atoms with Gasteiger partial charge in [0.15, 0.2) is 11.5 Å². The van der Waals surface area contributed by atoms with Gasteiger partial charge in [0.25, 0.3) is 0 Å². The highest BCUT2D eigenvalue weighted by atomic mass is 19.4. The quantitative estimate of drug-likeness (QED) is 0.722. The molecule has 0 fully saturated rings. The van der Waals surface area contributed by atoms with Crippen molar-refractivity contribution in [2.75, 3.05) is 20.3 Å². The van der Waals surface area contributed by atoms with Crippen LogP contribution in [-0.2, 0) is 11.3 Å². The molecule has 136 valence electrons. The first kappa shape index (κ1) is 19.1. The normalized spacial score (nSPS) is 11.4. The zero-order chi connectivity index (χ0) is 18.3. The van der Waals surface area contributed by atoms with Gasteiger partial charge in [-0.1, -0.05) is 30.3 Å². The topological polar surface area (TPSA) is 47.9 Å². The molecular formula is C18H19F3O4. The first-order chi connectivity index (χ1) is 11.9. The lowest BCUT2D eigenvalue weighted by molar-refractivity contribution is -0.275. The molecule has 0 spiro atoms. The number of halogens is 3. The van der Waals surface area contributed by atoms with Crippen molar-refractivity contribution in [1.29, 1.82) is 0 Å². The van der Waals surface area contributed by atoms with Crippen molar-refractivity contribution in [1.82, 2.24) is 0 Å². The van der Waals surface area contributed by atoms with Gasteiger partial charge in [0.1, 0.15) is 0 Å². The van der Waals surface area contributed by atoms with Crippen LogP contribution in [0.2, 0.25) is 0 Å². The van der Waals surface area contributed by atoms with Crippen LogP contribution in [0.15, 0.2) is 42.5 Å². The van der Waals surface area contributed by atoms with Crippen LogP contribution in [0.4, 0.5) is 13.2 Å². The monoisotopic (exact) mass is 356 g/mol. The number of aliphatic hydroxyl groups excluding tert-OH is 1. The fourth-order valence-electron chi connectivity index (χ4n) is 2.20. The molecule has 4 nitrogen and oxygen atoms in total. The van der Waals surface area contributed by atoms with E-state index in [1.807, 2.05) is 0 Å². The Morgan fingerprint density at radius 2 is 1.60 bits per heavy atom. The molecule has 0 aromatic heterocycles. The summed E-state index contributed by atoms with van der Waals surface area (Å²) in [6.45, 7) is 0.569. The van der Waals surface area contributed by atoms with Crippen LogP contribution in [0.5, 0.6) is 11.5 Å². The Bertz CT molecular complexity index is 669. The molecule has 0 bridgehead atoms. The van der Waals surface area contributed by atoms with Crippen LogP contribution >= 0.6 is 0 Å². The summed E-state index contributed by atoms with van der Waals surface area (Å²) in [7, 11) is 1.54. The van der Waals surface area contributed by atoms with Crippen molar-refractivity contribution in [3.05, 3.63) is 48.0 Å². The second-order valence-electron chi connectivity index (χ2n) is 5.26. The summed E-state index contributed by atoms with van der Waals surface area (Å²) in [5, 5.41) is 9.08. The van der Waals surface area contributed by atoms with Crippen molar-refractivity contribution in [3.63, 3.8) is 0 Å². The number of ether oxygens (including phenoxy) is 3. The minimum Gasteiger partial charge on any atom is -0.490 e. The van der Waals surface area contributed by atoms with E-state index < -0.39 is 6.36 Å². The van der Waals surface area contributed by atoms with Crippen LogP contribution in [0.25, 0.3) is 11.1 Å². The maximum absolute atomic E-state index is 12.5. The lowest BCUT2D eigenvalue weighted by Crippen LogP contribution is -2.18. The smallest absolute Gasteiger partial charge is 0.490 e. The molecule has 0 heterocycles. The third-order valence-corrected chi connectivity index (χ3v) is 3.39. The van der Waals surface area contributed by atoms with Gasteiger partial charge in [-0.2, -0.15) is 0 Å². The third-order valence-electron chi connectivity index (χ3n) is 3.39. The maximum Gasteiger partial charge on any atom is 0.573 e. The van der Waals surface area contributed by atoms with Gasteiger partial charge in [-0.15, -0.1) is 13.2 Å². The Balaban J connectivity index is 2.26. The minimum absolute atomic E-state index is 0.0113. The van der Waals surface area contributed by atoms with E-state index in [0.717, 1.165) is 11.1 Å². The van der Waals surface area contributed by atoms with Gasteiger partial charge in [0, 0.05) is 20.1 Å². The molecule has 0 saturated heterocycles. The number of benzene rings is 2. The van der Waals surface area contributed by atoms with E-state index >= 15 is 0 Å². The van der Waals surface area contributed by atoms with Crippen LogP contribution < -0.4 is 9.47 Å². The summed E-state index contributed by atoms with van der Waals surface area (Å²) in [5.41, 5.74) is 2.22. The van der Waals surface area contributed by atoms with Crippen molar-refractivity contribution in [2.24, 2.45) is 0 Å². The van der Waals surface area contributed by atoms with Crippen molar-refractivity contribution in [2.45, 2.75) is 19.4 Å². The highest BCUT2D eigenvalue weighted by Gasteiger charge is 2.32. The van der Waals surface area contributed by atoms with Crippen molar-refractivity contribution >= 4 is 0 Å². The first-order valence-electron chi connectivity index (χ1n) is 7.64. The van der Waals surface area contributed by atoms with Crippen molar-refractivity contribution in [3.8, 4) is 22.6 Å². The molecule has 0 aliphatic rings. The Kier molecular flexibility index (Phi) is 6.66. The number of aliphatic hydroxyl groups is 1. The van der Waals surface area contributed by atoms with Gasteiger partial charge in [-0.05, 0) is 28.8 Å². The van der Waals surface area contributed by atoms with E-state index in [-0.39, 0.29) is 24.7 Å². The fraction of sp³-hybridized carbons (Fsp3) is 0.333. The molecule has 0 aliphatic heterocycles. The molecule has 0 atom stereocenters. The lowest BCUT2D eigenvalue weighted by Gasteiger charge is -2.15. The Morgan fingerprint density at radius 1 is 0.920 bits per heavy atom. The van der Waals surface area contributed by atoms with Gasteiger partial charge >= 0.3 is 6.36 Å². The van der Waals surface area contributed by atoms with Crippen LogP contribution in [0.1, 0.15) is 12.0 Å². The van der Waals surface area contributed by atoms with E-state index in [1.165, 1.54) is 25.3 Å². The minimum atomic E-state index is -4.80. The zero-order valence-electron chi connectivity index (χ0n) is 13.7. The maximum atomic E-state index is 12.5. The SMILES string of the molecule is COCCCOc1cc(-c2ccc(CO)cc2)ccc1OC(F)(F)F. The van der Waals surface area contributed by atoms with Gasteiger partial charge in [-0.3, -0.25) is 0 Å². The summed E-state index contributed by atoms with van der Waals surface area (Å²) in [4.78, 5) is 0. The average Bonchev–Trinajstić information content (AvgIpc) is 2.59. The molecule has 0 unspecified atom stereocenters. The summed E-state index contributed by atoms with van der Waals surface area (Å²) >= 11 is 0. The van der Waals surface area contributed by atoms with Gasteiger partial charge in [0.2, 0.25) is 0 Å². The van der Waals surface area contributed by atoms with E-state index in [9.17, 15) is 13.2 Å². The van der Waals surface area contributed by atoms with Crippen LogP contribution in [0.3, 0.4) is 0 Å². The fourth-order valence-corrected chi connectivity index (χ4v) is 2.20. The van der Waals surface area contributed by atoms with Gasteiger partial charge < -0.3 is 19.3 Å². The number of hydrogen-bond acceptors (Lipinski definition) is 4. The number of rotatable bonds is 8. The van der Waals surface area contributed by atoms with E-state index in [4.69, 9.17) is 14.6 Å². The second kappa shape index (κ2) is 8.73. The summed E-state index contributed by atoms with van der Waals surface area (Å²) in [6.07, 6.45) is -4.26. The summed E-state index contributed by atoms with van der Waals surface area (Å²) < 4.78 is 52.0. The molecule has 0 amide bonds. The molecule has 25 heavy (non-hydrogen) atoms. The molecule has 0 radical (unpaired) electrons. The highest BCUT2D eigenvalue weighted by molar-refractivity contribution is 5.67. The number of alkyl halides is 3. The molecule has 0 saturated carbocycles. The first-order valence-corrected chi connectivity index (χ1v) is 7.64. The molecule has 2 aromatic carbocycles. The molecule has 2 rings (SSSR count). The van der Waals surface area contributed by atoms with Gasteiger partial charge in [0.05, 0.1) is 13.2 Å². The van der Waals surface area contributed by atoms with Crippen molar-refractivity contribution < 1.29 is 32.5 Å². The largest absolute Gasteiger partial charge is 0.573 e. The van der Waals surface area contributed by atoms with Crippen LogP contribution in [0, 0.1) is 0 Å². The Hall–Kier alpha value is -2.25. The molecule has 1 N–H and O–H groups in total. The third kappa shape index (κ3) is 5.95. The van der Waals surface area contributed by atoms with E-state index in [0.29, 0.717) is 18.6 Å². The Morgan fingerprint density at radius 3 is 2.20 bits per heavy atom. The predicted octanol–water partition coefficient (Wildman–Crippen LogP) is 4.16. The number of methoxy groups -OCH3 is 1. The number of hydrogen-bond donors (Lipinski definition) is 1. The zero-order valence-corrected chi connectivity index (χ0v) is 13.7. The molecule has 2 aromatic rings. The average molecular weight is 356 g/mol. The lowest BCUT2D eigenvalue weighted by atomic mass is 10.0. The van der Waals surface area contributed by atoms with Crippen LogP contribution in [-0.4, -0.2) is 31.8 Å². The predicted molar refractivity (Wildman–Crippen MR) is 86.5 cm³/mol. The van der Waals surface area contributed by atoms with E-state index in [1.54, 1.807) is 24.3 Å². The molecular weight excluding hydrogens is 337 g/mol. The Labute approximate surface area is 143 Å². The molecule has 7 heteroatoms. The standard InChI is InChI=1S/C18H19F3O4/c1-23-9-2-10-24-17-11-15(7-8-16(17)25-18(19,20)21)14-5-3-13(12-22)4-6-14/h3-8,11,22H,2,9-10,12H2,1H3. The highest BCUT2D eigenvalue weighted by Crippen LogP contribution is 2.36. The summed E-state index contributed by atoms with van der Waals surface area (Å²) in [6, 6.07) is 11.3. The summed E-state index contributed by atoms with van der Waals surface area (Å²) in [5.74, 6) is -0.377. The van der Waals surface area contributed by atoms with Gasteiger partial charge in [-0.25, -0.2) is 0 Å².